The van der Waals surface area contributed by atoms with Crippen LogP contribution in [0.15, 0.2) is 0 Å². The Balaban J connectivity index is 1.77. The molecule has 0 aromatic rings. The van der Waals surface area contributed by atoms with Crippen LogP contribution in [0.4, 0.5) is 0 Å². The Labute approximate surface area is 258 Å². The summed E-state index contributed by atoms with van der Waals surface area (Å²) in [6.07, 6.45) is -2.98. The minimum Gasteiger partial charge on any atom is -0.462 e. The van der Waals surface area contributed by atoms with Gasteiger partial charge < -0.3 is 33.2 Å². The van der Waals surface area contributed by atoms with Gasteiger partial charge in [-0.1, -0.05) is 41.5 Å². The van der Waals surface area contributed by atoms with Crippen LogP contribution in [0.1, 0.15) is 88.0 Å². The van der Waals surface area contributed by atoms with E-state index in [1.54, 1.807) is 27.7 Å². The number of cyclic esters (lactones) is 1. The summed E-state index contributed by atoms with van der Waals surface area (Å²) in [6.45, 7) is 15.3. The van der Waals surface area contributed by atoms with Gasteiger partial charge in [-0.15, -0.1) is 0 Å². The number of hydrogen-bond acceptors (Lipinski definition) is 12. The van der Waals surface area contributed by atoms with E-state index in [1.165, 1.54) is 13.8 Å². The molecule has 0 bridgehead atoms. The van der Waals surface area contributed by atoms with Crippen LogP contribution in [-0.2, 0) is 57.1 Å². The van der Waals surface area contributed by atoms with E-state index in [2.05, 4.69) is 0 Å². The van der Waals surface area contributed by atoms with Gasteiger partial charge in [-0.05, 0) is 19.8 Å². The fraction of sp³-hybridized carbons (Fsp3) is 0.844. The zero-order valence-corrected chi connectivity index (χ0v) is 27.2. The number of carbonyl (C=O) groups is 5. The normalized spacial score (nSPS) is 44.1. The van der Waals surface area contributed by atoms with Crippen molar-refractivity contribution in [2.75, 3.05) is 13.2 Å². The Morgan fingerprint density at radius 3 is 1.91 bits per heavy atom. The molecule has 2 saturated carbocycles. The number of esters is 5. The average Bonchev–Trinajstić information content (AvgIpc) is 3.61. The molecule has 12 nitrogen and oxygen atoms in total. The number of hydrogen-bond donors (Lipinski definition) is 0. The van der Waals surface area contributed by atoms with Crippen LogP contribution < -0.4 is 0 Å². The first kappa shape index (κ1) is 32.7. The molecule has 10 atom stereocenters. The summed E-state index contributed by atoms with van der Waals surface area (Å²) in [7, 11) is 0. The summed E-state index contributed by atoms with van der Waals surface area (Å²) < 4.78 is 43.3. The minimum absolute atomic E-state index is 0.143. The van der Waals surface area contributed by atoms with E-state index in [0.29, 0.717) is 19.4 Å². The number of fused-ring (bicyclic) bond motifs is 4. The minimum atomic E-state index is -1.49. The van der Waals surface area contributed by atoms with Crippen LogP contribution in [0.25, 0.3) is 0 Å². The molecule has 0 radical (unpaired) electrons. The van der Waals surface area contributed by atoms with Crippen LogP contribution in [0, 0.1) is 28.6 Å². The molecule has 5 aliphatic rings. The van der Waals surface area contributed by atoms with Gasteiger partial charge in [0.05, 0.1) is 30.5 Å². The number of rotatable bonds is 6. The van der Waals surface area contributed by atoms with Gasteiger partial charge in [0.1, 0.15) is 24.4 Å². The first-order valence-electron chi connectivity index (χ1n) is 15.6. The summed E-state index contributed by atoms with van der Waals surface area (Å²) in [5, 5.41) is 0. The van der Waals surface area contributed by atoms with Gasteiger partial charge in [-0.3, -0.25) is 24.0 Å². The van der Waals surface area contributed by atoms with Gasteiger partial charge >= 0.3 is 29.8 Å². The van der Waals surface area contributed by atoms with E-state index in [0.717, 1.165) is 0 Å². The highest BCUT2D eigenvalue weighted by Crippen LogP contribution is 2.73. The van der Waals surface area contributed by atoms with Gasteiger partial charge in [-0.2, -0.15) is 0 Å². The molecule has 3 heterocycles. The molecule has 0 aromatic carbocycles. The van der Waals surface area contributed by atoms with Crippen LogP contribution >= 0.6 is 0 Å². The maximum absolute atomic E-state index is 13.2. The molecule has 5 rings (SSSR count). The van der Waals surface area contributed by atoms with E-state index < -0.39 is 99.6 Å². The van der Waals surface area contributed by atoms with Crippen LogP contribution in [0.2, 0.25) is 0 Å². The summed E-state index contributed by atoms with van der Waals surface area (Å²) in [5.74, 6) is -4.26. The summed E-state index contributed by atoms with van der Waals surface area (Å²) in [5.41, 5.74) is -5.60. The molecule has 0 unspecified atom stereocenters. The van der Waals surface area contributed by atoms with Crippen LogP contribution in [0.5, 0.6) is 0 Å². The molecule has 3 aliphatic heterocycles. The third-order valence-corrected chi connectivity index (χ3v) is 11.1. The van der Waals surface area contributed by atoms with E-state index >= 15 is 0 Å². The molecule has 44 heavy (non-hydrogen) atoms. The topological polar surface area (TPSA) is 153 Å². The summed E-state index contributed by atoms with van der Waals surface area (Å²) >= 11 is 0. The second-order valence-corrected chi connectivity index (χ2v) is 14.6. The highest BCUT2D eigenvalue weighted by molar-refractivity contribution is 5.75. The van der Waals surface area contributed by atoms with Crippen molar-refractivity contribution in [2.45, 2.75) is 129 Å². The SMILES string of the molecule is CC(=O)O[C@H]1C[C@]2(C)O[C@]3(COC(=O)C3)[C@@H](OC(=O)C(C)C)[C@H](OC(C)=O)[C@]2(C)[C@H]2[C@H](OC(=O)C(C)C)CC[C@]3(CO3)[C@]12C. The standard InChI is InChI=1S/C32H46O12/c1-16(2)26(36)42-20-10-11-32(15-39-32)29(8)21(40-18(5)33)12-28(7)30(9,23(20)29)24(41-19(6)34)25(43-27(37)17(3)4)31(44-28)13-22(35)38-14-31/h16-17,20-21,23-25H,10-15H2,1-9H3/t20-,21+,23+,24+,25+,28+,29-,30+,31-,32+/m1/s1. The fourth-order valence-electron chi connectivity index (χ4n) is 8.73. The van der Waals surface area contributed by atoms with Gasteiger partial charge in [0, 0.05) is 37.0 Å². The van der Waals surface area contributed by atoms with Crippen molar-refractivity contribution in [2.24, 2.45) is 28.6 Å². The molecular formula is C32H46O12. The Morgan fingerprint density at radius 2 is 1.41 bits per heavy atom. The van der Waals surface area contributed by atoms with Crippen LogP contribution in [0.3, 0.4) is 0 Å². The number of carbonyl (C=O) groups excluding carboxylic acids is 5. The van der Waals surface area contributed by atoms with Crippen LogP contribution in [-0.4, -0.2) is 84.3 Å². The van der Waals surface area contributed by atoms with E-state index in [1.807, 2.05) is 20.8 Å². The molecule has 0 aromatic heterocycles. The third kappa shape index (κ3) is 4.73. The lowest BCUT2D eigenvalue weighted by atomic mass is 9.39. The molecule has 0 amide bonds. The Hall–Kier alpha value is -2.73. The van der Waals surface area contributed by atoms with E-state index in [4.69, 9.17) is 33.2 Å². The molecule has 3 saturated heterocycles. The number of epoxide rings is 1. The molecule has 5 fully saturated rings. The molecule has 2 spiro atoms. The summed E-state index contributed by atoms with van der Waals surface area (Å²) in [6, 6.07) is 0. The maximum Gasteiger partial charge on any atom is 0.309 e. The zero-order valence-electron chi connectivity index (χ0n) is 27.2. The molecule has 246 valence electrons. The lowest BCUT2D eigenvalue weighted by Gasteiger charge is -2.71. The molecule has 0 N–H and O–H groups in total. The average molecular weight is 623 g/mol. The Bertz CT molecular complexity index is 1240. The van der Waals surface area contributed by atoms with Gasteiger partial charge in [0.25, 0.3) is 0 Å². The maximum atomic E-state index is 13.2. The second-order valence-electron chi connectivity index (χ2n) is 14.6. The third-order valence-electron chi connectivity index (χ3n) is 11.1. The largest absolute Gasteiger partial charge is 0.462 e. The highest BCUT2D eigenvalue weighted by Gasteiger charge is 2.83. The zero-order chi connectivity index (χ0) is 32.6. The van der Waals surface area contributed by atoms with Crippen molar-refractivity contribution in [1.82, 2.24) is 0 Å². The quantitative estimate of drug-likeness (QED) is 0.243. The molecule has 2 aliphatic carbocycles. The first-order chi connectivity index (χ1) is 20.4. The van der Waals surface area contributed by atoms with Crippen molar-refractivity contribution in [3.63, 3.8) is 0 Å². The Morgan fingerprint density at radius 1 is 0.818 bits per heavy atom. The van der Waals surface area contributed by atoms with Gasteiger partial charge in [0.2, 0.25) is 0 Å². The number of ether oxygens (including phenoxy) is 7. The first-order valence-corrected chi connectivity index (χ1v) is 15.6. The molecular weight excluding hydrogens is 576 g/mol. The highest BCUT2D eigenvalue weighted by atomic mass is 16.7. The Kier molecular flexibility index (Phi) is 7.92. The van der Waals surface area contributed by atoms with Gasteiger partial charge in [0.15, 0.2) is 17.8 Å². The predicted octanol–water partition coefficient (Wildman–Crippen LogP) is 3.06. The fourth-order valence-corrected chi connectivity index (χ4v) is 8.73. The lowest BCUT2D eigenvalue weighted by molar-refractivity contribution is -0.380. The monoisotopic (exact) mass is 622 g/mol. The lowest BCUT2D eigenvalue weighted by Crippen LogP contribution is -2.82. The second kappa shape index (κ2) is 10.7. The van der Waals surface area contributed by atoms with Gasteiger partial charge in [-0.25, -0.2) is 0 Å². The van der Waals surface area contributed by atoms with Crippen molar-refractivity contribution in [3.05, 3.63) is 0 Å². The van der Waals surface area contributed by atoms with Crippen molar-refractivity contribution >= 4 is 29.8 Å². The van der Waals surface area contributed by atoms with Crippen molar-refractivity contribution in [3.8, 4) is 0 Å². The van der Waals surface area contributed by atoms with Crippen molar-refractivity contribution in [1.29, 1.82) is 0 Å². The smallest absolute Gasteiger partial charge is 0.309 e. The van der Waals surface area contributed by atoms with Crippen molar-refractivity contribution < 1.29 is 57.1 Å². The predicted molar refractivity (Wildman–Crippen MR) is 151 cm³/mol. The van der Waals surface area contributed by atoms with E-state index in [-0.39, 0.29) is 19.4 Å². The van der Waals surface area contributed by atoms with E-state index in [9.17, 15) is 24.0 Å². The molecule has 12 heteroatoms. The summed E-state index contributed by atoms with van der Waals surface area (Å²) in [4.78, 5) is 64.6.